The van der Waals surface area contributed by atoms with Crippen molar-refractivity contribution in [2.75, 3.05) is 10.6 Å². The fraction of sp³-hybridized carbons (Fsp3) is 0.240. The molecule has 1 heterocycles. The number of carbonyl (C=O) groups excluding carboxylic acids is 2. The fourth-order valence-corrected chi connectivity index (χ4v) is 4.60. The minimum Gasteiger partial charge on any atom is -0.320 e. The van der Waals surface area contributed by atoms with Crippen LogP contribution < -0.4 is 10.6 Å². The van der Waals surface area contributed by atoms with Crippen molar-refractivity contribution in [3.63, 3.8) is 0 Å². The molecule has 0 radical (unpaired) electrons. The smallest absolute Gasteiger partial charge is 0.320 e. The van der Waals surface area contributed by atoms with E-state index in [0.717, 1.165) is 22.6 Å². The Labute approximate surface area is 267 Å². The number of pyridine rings is 1. The van der Waals surface area contributed by atoms with Crippen molar-refractivity contribution in [2.24, 2.45) is 0 Å². The molecule has 0 aliphatic carbocycles. The molecule has 1 aromatic heterocycles. The van der Waals surface area contributed by atoms with Crippen LogP contribution in [-0.4, -0.2) is 29.2 Å². The number of rotatable bonds is 5. The molecule has 48 heavy (non-hydrogen) atoms. The van der Waals surface area contributed by atoms with Gasteiger partial charge in [-0.3, -0.25) is 9.59 Å². The summed E-state index contributed by atoms with van der Waals surface area (Å²) in [6.07, 6.45) is -30.6. The van der Waals surface area contributed by atoms with E-state index in [-0.39, 0.29) is 18.2 Å². The maximum Gasteiger partial charge on any atom is 0.435 e. The minimum absolute atomic E-state index is 0.0219. The molecule has 0 bridgehead atoms. The van der Waals surface area contributed by atoms with Crippen LogP contribution >= 0.6 is 22.6 Å². The molecule has 0 aliphatic heterocycles. The molecule has 0 spiro atoms. The monoisotopic (exact) mass is 833 g/mol. The summed E-state index contributed by atoms with van der Waals surface area (Å²) in [5.74, 6) is -5.76. The van der Waals surface area contributed by atoms with Crippen LogP contribution in [0.3, 0.4) is 0 Å². The van der Waals surface area contributed by atoms with Gasteiger partial charge in [-0.1, -0.05) is 6.07 Å². The van der Waals surface area contributed by atoms with Crippen molar-refractivity contribution in [1.82, 2.24) is 4.98 Å². The van der Waals surface area contributed by atoms with E-state index >= 15 is 4.39 Å². The number of benzene rings is 2. The van der Waals surface area contributed by atoms with Gasteiger partial charge >= 0.3 is 36.6 Å². The lowest BCUT2D eigenvalue weighted by molar-refractivity contribution is -0.348. The lowest BCUT2D eigenvalue weighted by atomic mass is 9.92. The molecule has 2 N–H and O–H groups in total. The van der Waals surface area contributed by atoms with E-state index in [9.17, 15) is 79.8 Å². The Bertz CT molecular complexity index is 1730. The van der Waals surface area contributed by atoms with Crippen LogP contribution in [0.4, 0.5) is 86.0 Å². The highest BCUT2D eigenvalue weighted by atomic mass is 127. The van der Waals surface area contributed by atoms with E-state index in [1.807, 2.05) is 0 Å². The number of hydrogen-bond donors (Lipinski definition) is 2. The zero-order chi connectivity index (χ0) is 37.0. The summed E-state index contributed by atoms with van der Waals surface area (Å²) in [5.41, 5.74) is -21.4. The van der Waals surface area contributed by atoms with E-state index in [0.29, 0.717) is 18.2 Å². The fourth-order valence-electron chi connectivity index (χ4n) is 3.83. The molecule has 3 rings (SSSR count). The largest absolute Gasteiger partial charge is 0.435 e. The minimum atomic E-state index is -6.83. The van der Waals surface area contributed by atoms with Crippen LogP contribution in [0, 0.1) is 9.39 Å². The summed E-state index contributed by atoms with van der Waals surface area (Å²) in [6, 6.07) is 0.561. The van der Waals surface area contributed by atoms with Gasteiger partial charge in [0.05, 0.1) is 28.1 Å². The van der Waals surface area contributed by atoms with Crippen molar-refractivity contribution in [3.05, 3.63) is 85.5 Å². The van der Waals surface area contributed by atoms with Gasteiger partial charge in [-0.15, -0.1) is 0 Å². The van der Waals surface area contributed by atoms with Gasteiger partial charge in [-0.25, -0.2) is 13.8 Å². The molecule has 2 amide bonds. The van der Waals surface area contributed by atoms with E-state index in [4.69, 9.17) is 0 Å². The maximum absolute atomic E-state index is 15.2. The van der Waals surface area contributed by atoms with Gasteiger partial charge < -0.3 is 10.6 Å². The first kappa shape index (κ1) is 38.5. The second kappa shape index (κ2) is 12.5. The molecular formula is C25H9F17IN3O2. The third-order valence-corrected chi connectivity index (χ3v) is 6.85. The van der Waals surface area contributed by atoms with E-state index in [1.165, 1.54) is 10.6 Å². The van der Waals surface area contributed by atoms with Crippen LogP contribution in [0.5, 0.6) is 0 Å². The number of hydrogen-bond acceptors (Lipinski definition) is 3. The number of anilines is 2. The van der Waals surface area contributed by atoms with Crippen LogP contribution in [-0.2, 0) is 24.2 Å². The lowest BCUT2D eigenvalue weighted by Crippen LogP contribution is -2.50. The Kier molecular flexibility index (Phi) is 10.0. The predicted molar refractivity (Wildman–Crippen MR) is 136 cm³/mol. The zero-order valence-corrected chi connectivity index (χ0v) is 24.3. The van der Waals surface area contributed by atoms with E-state index < -0.39 is 109 Å². The lowest BCUT2D eigenvalue weighted by Gasteiger charge is -2.31. The molecule has 0 fully saturated rings. The van der Waals surface area contributed by atoms with Crippen molar-refractivity contribution >= 4 is 45.8 Å². The van der Waals surface area contributed by atoms with Crippen LogP contribution in [0.2, 0.25) is 0 Å². The summed E-state index contributed by atoms with van der Waals surface area (Å²) in [4.78, 5) is 27.6. The first-order chi connectivity index (χ1) is 21.5. The molecule has 3 aromatic rings. The van der Waals surface area contributed by atoms with Gasteiger partial charge in [0.15, 0.2) is 11.5 Å². The number of carbonyl (C=O) groups is 2. The molecular weight excluding hydrogens is 824 g/mol. The van der Waals surface area contributed by atoms with E-state index in [2.05, 4.69) is 4.98 Å². The van der Waals surface area contributed by atoms with Gasteiger partial charge in [0.25, 0.3) is 11.8 Å². The van der Waals surface area contributed by atoms with Crippen LogP contribution in [0.25, 0.3) is 0 Å². The standard InChI is InChI=1S/C25H9F17IN3O2/c26-15-9(2-1-3-13(15)44-19(48)10-4-5-14(22(31,32)33)45-17(10)23(34,35)36)18(47)46-16-11(21(28,29)30)6-8(7-12(16)43)20(27,24(37,38)39)25(40,41)42/h1-7H,(H,44,48)(H,46,47). The molecule has 2 aromatic carbocycles. The molecule has 0 aliphatic rings. The van der Waals surface area contributed by atoms with Crippen LogP contribution in [0.1, 0.15) is 43.2 Å². The number of halogens is 18. The number of amides is 2. The number of nitrogens with one attached hydrogen (secondary N) is 2. The highest BCUT2D eigenvalue weighted by Gasteiger charge is 2.73. The number of nitrogens with zero attached hydrogens (tertiary/aromatic N) is 1. The first-order valence-electron chi connectivity index (χ1n) is 11.8. The molecule has 262 valence electrons. The normalized spacial score (nSPS) is 13.4. The molecule has 23 heteroatoms. The molecule has 0 atom stereocenters. The third-order valence-electron chi connectivity index (χ3n) is 6.00. The first-order valence-corrected chi connectivity index (χ1v) is 12.9. The molecule has 5 nitrogen and oxygen atoms in total. The topological polar surface area (TPSA) is 71.1 Å². The van der Waals surface area contributed by atoms with Crippen molar-refractivity contribution in [3.8, 4) is 0 Å². The van der Waals surface area contributed by atoms with Gasteiger partial charge in [0.2, 0.25) is 0 Å². The Morgan fingerprint density at radius 1 is 0.646 bits per heavy atom. The third kappa shape index (κ3) is 7.53. The zero-order valence-electron chi connectivity index (χ0n) is 22.1. The van der Waals surface area contributed by atoms with Gasteiger partial charge in [-0.05, 0) is 59.0 Å². The quantitative estimate of drug-likeness (QED) is 0.199. The SMILES string of the molecule is O=C(Nc1cccc(C(=O)Nc2c(I)cc(C(F)(C(F)(F)F)C(F)(F)F)cc2C(F)(F)F)c1F)c1ccc(C(F)(F)F)nc1C(F)(F)F. The van der Waals surface area contributed by atoms with Gasteiger partial charge in [0.1, 0.15) is 5.69 Å². The van der Waals surface area contributed by atoms with E-state index in [1.54, 1.807) is 0 Å². The summed E-state index contributed by atoms with van der Waals surface area (Å²) >= 11 is 0.720. The molecule has 0 saturated carbocycles. The average molecular weight is 833 g/mol. The van der Waals surface area contributed by atoms with Gasteiger partial charge in [0, 0.05) is 9.13 Å². The molecule has 0 unspecified atom stereocenters. The van der Waals surface area contributed by atoms with Gasteiger partial charge in [-0.2, -0.15) is 65.9 Å². The summed E-state index contributed by atoms with van der Waals surface area (Å²) in [6.45, 7) is 0. The summed E-state index contributed by atoms with van der Waals surface area (Å²) in [5, 5.41) is 2.90. The van der Waals surface area contributed by atoms with Crippen LogP contribution in [0.15, 0.2) is 42.5 Å². The average Bonchev–Trinajstić information content (AvgIpc) is 2.91. The summed E-state index contributed by atoms with van der Waals surface area (Å²) < 4.78 is 228. The molecule has 0 saturated heterocycles. The Morgan fingerprint density at radius 2 is 1.19 bits per heavy atom. The maximum atomic E-state index is 15.2. The highest BCUT2D eigenvalue weighted by molar-refractivity contribution is 14.1. The van der Waals surface area contributed by atoms with Crippen molar-refractivity contribution in [1.29, 1.82) is 0 Å². The second-order valence-electron chi connectivity index (χ2n) is 9.20. The highest BCUT2D eigenvalue weighted by Crippen LogP contribution is 2.55. The predicted octanol–water partition coefficient (Wildman–Crippen LogP) is 9.68. The number of alkyl halides is 16. The summed E-state index contributed by atoms with van der Waals surface area (Å²) in [7, 11) is 0. The second-order valence-corrected chi connectivity index (χ2v) is 10.4. The van der Waals surface area contributed by atoms with Crippen molar-refractivity contribution < 1.29 is 84.2 Å². The Balaban J connectivity index is 2.06. The Morgan fingerprint density at radius 3 is 1.67 bits per heavy atom. The Hall–Kier alpha value is -3.93. The van der Waals surface area contributed by atoms with Crippen molar-refractivity contribution in [2.45, 2.75) is 36.6 Å². The number of aromatic nitrogens is 1.